The summed E-state index contributed by atoms with van der Waals surface area (Å²) in [6.07, 6.45) is 17.5. The first kappa shape index (κ1) is 42.1. The van der Waals surface area contributed by atoms with Crippen LogP contribution in [0.2, 0.25) is 0 Å². The molecule has 55 heavy (non-hydrogen) atoms. The second kappa shape index (κ2) is 21.3. The van der Waals surface area contributed by atoms with Crippen molar-refractivity contribution >= 4 is 34.8 Å². The molecular formula is C46H66N6O3. The molecule has 9 N–H and O–H groups in total. The number of hydrogen-bond acceptors (Lipinski definition) is 6. The molecule has 2 bridgehead atoms. The molecule has 6 rings (SSSR count). The number of nitrogens with one attached hydrogen (secondary N) is 3. The smallest absolute Gasteiger partial charge is 0.224 e. The molecule has 3 amide bonds. The van der Waals surface area contributed by atoms with Crippen LogP contribution in [0.1, 0.15) is 168 Å². The third-order valence-electron chi connectivity index (χ3n) is 11.7. The molecule has 0 atom stereocenters. The van der Waals surface area contributed by atoms with Crippen LogP contribution in [0.4, 0.5) is 17.1 Å². The highest BCUT2D eigenvalue weighted by Crippen LogP contribution is 2.61. The third-order valence-corrected chi connectivity index (χ3v) is 11.7. The maximum Gasteiger partial charge on any atom is 0.224 e. The minimum Gasteiger partial charge on any atom is -0.330 e. The van der Waals surface area contributed by atoms with Crippen molar-refractivity contribution in [2.24, 2.45) is 17.2 Å². The lowest BCUT2D eigenvalue weighted by Gasteiger charge is -2.51. The third kappa shape index (κ3) is 10.6. The quantitative estimate of drug-likeness (QED) is 0.0473. The summed E-state index contributed by atoms with van der Waals surface area (Å²) in [5, 5.41) is 9.61. The molecule has 0 unspecified atom stereocenters. The largest absolute Gasteiger partial charge is 0.330 e. The van der Waals surface area contributed by atoms with E-state index in [9.17, 15) is 14.4 Å². The van der Waals surface area contributed by atoms with Gasteiger partial charge in [-0.3, -0.25) is 14.4 Å². The molecule has 3 aliphatic rings. The first-order valence-electron chi connectivity index (χ1n) is 21.3. The topological polar surface area (TPSA) is 165 Å². The molecule has 0 heterocycles. The molecule has 0 fully saturated rings. The van der Waals surface area contributed by atoms with E-state index in [0.29, 0.717) is 38.9 Å². The molecule has 0 radical (unpaired) electrons. The van der Waals surface area contributed by atoms with Gasteiger partial charge in [-0.25, -0.2) is 0 Å². The average Bonchev–Trinajstić information content (AvgIpc) is 3.18. The molecule has 0 aliphatic heterocycles. The van der Waals surface area contributed by atoms with E-state index in [0.717, 1.165) is 120 Å². The highest BCUT2D eigenvalue weighted by atomic mass is 16.2. The Morgan fingerprint density at radius 3 is 1.05 bits per heavy atom. The van der Waals surface area contributed by atoms with E-state index in [2.05, 4.69) is 59.3 Å². The molecule has 3 aliphatic carbocycles. The summed E-state index contributed by atoms with van der Waals surface area (Å²) in [5.41, 5.74) is 25.9. The Kier molecular flexibility index (Phi) is 16.3. The van der Waals surface area contributed by atoms with Crippen LogP contribution in [0.3, 0.4) is 0 Å². The number of rotatable bonds is 25. The Bertz CT molecular complexity index is 1540. The van der Waals surface area contributed by atoms with E-state index in [1.807, 2.05) is 18.2 Å². The first-order valence-corrected chi connectivity index (χ1v) is 21.3. The standard InChI is InChI=1S/C46H66N6O3/c1-2-46-39-30-33(50-42(53)18-12-6-3-9-15-27-47)21-24-36(39)45(37-25-22-34(31-40(37)46)51-43(54)19-13-7-4-10-16-28-48)38-26-23-35(32-41(38)46)52-44(55)20-14-8-5-11-17-29-49/h21-26,30-32,45H,2-20,27-29,47-49H2,1H3,(H,50,53)(H,51,54)(H,52,55). The summed E-state index contributed by atoms with van der Waals surface area (Å²) < 4.78 is 0. The summed E-state index contributed by atoms with van der Waals surface area (Å²) in [7, 11) is 0. The Morgan fingerprint density at radius 1 is 0.473 bits per heavy atom. The number of hydrogen-bond donors (Lipinski definition) is 6. The van der Waals surface area contributed by atoms with Crippen LogP contribution >= 0.6 is 0 Å². The molecule has 3 aromatic rings. The van der Waals surface area contributed by atoms with Gasteiger partial charge in [0.15, 0.2) is 0 Å². The number of nitrogens with two attached hydrogens (primary N) is 3. The lowest BCUT2D eigenvalue weighted by molar-refractivity contribution is -0.117. The van der Waals surface area contributed by atoms with Crippen molar-refractivity contribution in [3.63, 3.8) is 0 Å². The Morgan fingerprint density at radius 2 is 0.764 bits per heavy atom. The highest BCUT2D eigenvalue weighted by Gasteiger charge is 2.51. The number of amides is 3. The molecule has 0 aromatic heterocycles. The lowest BCUT2D eigenvalue weighted by Crippen LogP contribution is -2.42. The van der Waals surface area contributed by atoms with Crippen molar-refractivity contribution in [2.45, 2.75) is 140 Å². The molecule has 298 valence electrons. The monoisotopic (exact) mass is 751 g/mol. The minimum absolute atomic E-state index is 0.0109. The summed E-state index contributed by atoms with van der Waals surface area (Å²) in [4.78, 5) is 39.4. The van der Waals surface area contributed by atoms with Crippen LogP contribution in [0, 0.1) is 0 Å². The van der Waals surface area contributed by atoms with Gasteiger partial charge in [0, 0.05) is 47.7 Å². The van der Waals surface area contributed by atoms with Crippen LogP contribution in [0.5, 0.6) is 0 Å². The zero-order valence-electron chi connectivity index (χ0n) is 33.3. The van der Waals surface area contributed by atoms with E-state index in [1.54, 1.807) is 0 Å². The van der Waals surface area contributed by atoms with Crippen molar-refractivity contribution in [2.75, 3.05) is 35.6 Å². The molecule has 0 spiro atoms. The van der Waals surface area contributed by atoms with Crippen molar-refractivity contribution in [3.8, 4) is 0 Å². The maximum atomic E-state index is 13.1. The minimum atomic E-state index is -0.550. The van der Waals surface area contributed by atoms with E-state index in [4.69, 9.17) is 17.2 Å². The number of benzene rings is 3. The molecule has 3 aromatic carbocycles. The Balaban J connectivity index is 1.41. The summed E-state index contributed by atoms with van der Waals surface area (Å²) in [6.45, 7) is 4.36. The lowest BCUT2D eigenvalue weighted by atomic mass is 9.52. The Hall–Kier alpha value is -4.05. The van der Waals surface area contributed by atoms with E-state index >= 15 is 0 Å². The fourth-order valence-electron chi connectivity index (χ4n) is 8.83. The molecule has 0 saturated heterocycles. The second-order valence-corrected chi connectivity index (χ2v) is 15.7. The van der Waals surface area contributed by atoms with Gasteiger partial charge in [0.25, 0.3) is 0 Å². The van der Waals surface area contributed by atoms with Gasteiger partial charge in [0.05, 0.1) is 0 Å². The number of carbonyl (C=O) groups is 3. The van der Waals surface area contributed by atoms with Gasteiger partial charge >= 0.3 is 0 Å². The molecule has 0 saturated carbocycles. The van der Waals surface area contributed by atoms with Crippen LogP contribution in [-0.2, 0) is 19.8 Å². The summed E-state index contributed by atoms with van der Waals surface area (Å²) in [6, 6.07) is 19.2. The van der Waals surface area contributed by atoms with E-state index < -0.39 is 5.41 Å². The SMILES string of the molecule is CCC12c3cc(NC(=O)CCCCCCCN)ccc3C(c3ccc(NC(=O)CCCCCCCN)cc31)c1ccc(NC(=O)CCCCCCCN)cc12. The zero-order valence-corrected chi connectivity index (χ0v) is 33.3. The van der Waals surface area contributed by atoms with Crippen LogP contribution in [0.25, 0.3) is 0 Å². The van der Waals surface area contributed by atoms with Gasteiger partial charge in [0.2, 0.25) is 17.7 Å². The van der Waals surface area contributed by atoms with Crippen LogP contribution in [0.15, 0.2) is 54.6 Å². The van der Waals surface area contributed by atoms with Gasteiger partial charge < -0.3 is 33.2 Å². The van der Waals surface area contributed by atoms with E-state index in [1.165, 1.54) is 33.4 Å². The second-order valence-electron chi connectivity index (χ2n) is 15.7. The van der Waals surface area contributed by atoms with Crippen LogP contribution < -0.4 is 33.2 Å². The van der Waals surface area contributed by atoms with Gasteiger partial charge in [-0.05, 0) is 134 Å². The molecule has 9 nitrogen and oxygen atoms in total. The van der Waals surface area contributed by atoms with Crippen molar-refractivity contribution in [1.82, 2.24) is 0 Å². The maximum absolute atomic E-state index is 13.1. The van der Waals surface area contributed by atoms with Crippen molar-refractivity contribution in [1.29, 1.82) is 0 Å². The van der Waals surface area contributed by atoms with Crippen molar-refractivity contribution in [3.05, 3.63) is 88.0 Å². The van der Waals surface area contributed by atoms with Crippen LogP contribution in [-0.4, -0.2) is 37.4 Å². The summed E-state index contributed by atoms with van der Waals surface area (Å²) >= 11 is 0. The zero-order chi connectivity index (χ0) is 39.0. The predicted molar refractivity (Wildman–Crippen MR) is 227 cm³/mol. The molecule has 9 heteroatoms. The average molecular weight is 751 g/mol. The van der Waals surface area contributed by atoms with Gasteiger partial charge in [-0.1, -0.05) is 82.9 Å². The predicted octanol–water partition coefficient (Wildman–Crippen LogP) is 8.95. The number of unbranched alkanes of at least 4 members (excludes halogenated alkanes) is 12. The molecular weight excluding hydrogens is 685 g/mol. The fraction of sp³-hybridized carbons (Fsp3) is 0.543. The van der Waals surface area contributed by atoms with E-state index in [-0.39, 0.29) is 23.6 Å². The number of anilines is 3. The Labute approximate surface area is 329 Å². The first-order chi connectivity index (χ1) is 26.9. The van der Waals surface area contributed by atoms with Gasteiger partial charge in [0.1, 0.15) is 0 Å². The van der Waals surface area contributed by atoms with Crippen molar-refractivity contribution < 1.29 is 14.4 Å². The van der Waals surface area contributed by atoms with Gasteiger partial charge in [-0.15, -0.1) is 0 Å². The number of carbonyl (C=O) groups excluding carboxylic acids is 3. The normalized spacial score (nSPS) is 16.3. The summed E-state index contributed by atoms with van der Waals surface area (Å²) in [5.74, 6) is 0.0720. The highest BCUT2D eigenvalue weighted by molar-refractivity contribution is 5.93. The fourth-order valence-corrected chi connectivity index (χ4v) is 8.83. The van der Waals surface area contributed by atoms with Gasteiger partial charge in [-0.2, -0.15) is 0 Å².